The Labute approximate surface area is 130 Å². The van der Waals surface area contributed by atoms with E-state index in [4.69, 9.17) is 21.1 Å². The van der Waals surface area contributed by atoms with E-state index in [9.17, 15) is 0 Å². The fourth-order valence-corrected chi connectivity index (χ4v) is 2.99. The van der Waals surface area contributed by atoms with Crippen molar-refractivity contribution in [2.75, 3.05) is 25.3 Å². The quantitative estimate of drug-likeness (QED) is 0.696. The molecule has 0 bridgehead atoms. The molecule has 0 atom stereocenters. The molecule has 112 valence electrons. The maximum atomic E-state index is 6.15. The molecule has 0 aliphatic carbocycles. The summed E-state index contributed by atoms with van der Waals surface area (Å²) in [5, 5.41) is 4.08. The highest BCUT2D eigenvalue weighted by molar-refractivity contribution is 7.98. The summed E-state index contributed by atoms with van der Waals surface area (Å²) in [6, 6.07) is 3.94. The number of hydrogen-bond acceptors (Lipinski definition) is 4. The number of rotatable bonds is 9. The van der Waals surface area contributed by atoms with Crippen molar-refractivity contribution in [1.29, 1.82) is 0 Å². The lowest BCUT2D eigenvalue weighted by molar-refractivity contribution is 0.174. The third-order valence-electron chi connectivity index (χ3n) is 3.27. The van der Waals surface area contributed by atoms with Crippen LogP contribution in [0.5, 0.6) is 11.5 Å². The Hall–Kier alpha value is -0.580. The van der Waals surface area contributed by atoms with Gasteiger partial charge in [-0.2, -0.15) is 11.8 Å². The van der Waals surface area contributed by atoms with Crippen molar-refractivity contribution >= 4 is 23.4 Å². The highest BCUT2D eigenvalue weighted by Gasteiger charge is 2.17. The van der Waals surface area contributed by atoms with Crippen LogP contribution < -0.4 is 14.8 Å². The molecule has 3 nitrogen and oxygen atoms in total. The first kappa shape index (κ1) is 15.8. The number of benzene rings is 1. The van der Waals surface area contributed by atoms with Gasteiger partial charge in [0.15, 0.2) is 11.5 Å². The van der Waals surface area contributed by atoms with Crippen molar-refractivity contribution in [3.63, 3.8) is 0 Å². The van der Waals surface area contributed by atoms with Gasteiger partial charge in [0.25, 0.3) is 0 Å². The van der Waals surface area contributed by atoms with Crippen LogP contribution in [0.15, 0.2) is 12.1 Å². The summed E-state index contributed by atoms with van der Waals surface area (Å²) >= 11 is 8.08. The summed E-state index contributed by atoms with van der Waals surface area (Å²) in [6.45, 7) is 2.13. The molecule has 1 aliphatic rings. The van der Waals surface area contributed by atoms with Gasteiger partial charge in [-0.25, -0.2) is 0 Å². The van der Waals surface area contributed by atoms with E-state index in [0.29, 0.717) is 10.8 Å². The average molecular weight is 316 g/mol. The lowest BCUT2D eigenvalue weighted by Gasteiger charge is -2.07. The minimum absolute atomic E-state index is 0.266. The van der Waals surface area contributed by atoms with E-state index in [1.54, 1.807) is 0 Å². The van der Waals surface area contributed by atoms with Crippen LogP contribution in [-0.2, 0) is 6.54 Å². The molecule has 0 spiro atoms. The number of halogens is 1. The van der Waals surface area contributed by atoms with Crippen molar-refractivity contribution in [1.82, 2.24) is 5.32 Å². The highest BCUT2D eigenvalue weighted by Crippen LogP contribution is 2.39. The number of nitrogens with one attached hydrogen (secondary N) is 1. The monoisotopic (exact) mass is 315 g/mol. The number of hydrogen-bond donors (Lipinski definition) is 1. The standard InChI is InChI=1S/C15H22ClNO2S/c1-20-7-5-3-2-4-6-17-10-12-8-13(16)15-14(9-12)18-11-19-15/h8-9,17H,2-7,10-11H2,1H3. The summed E-state index contributed by atoms with van der Waals surface area (Å²) in [6.07, 6.45) is 7.36. The molecular formula is C15H22ClNO2S. The van der Waals surface area contributed by atoms with Gasteiger partial charge in [0.1, 0.15) is 0 Å². The second-order valence-corrected chi connectivity index (χ2v) is 6.29. The van der Waals surface area contributed by atoms with Crippen molar-refractivity contribution in [2.24, 2.45) is 0 Å². The van der Waals surface area contributed by atoms with Crippen molar-refractivity contribution < 1.29 is 9.47 Å². The molecule has 2 rings (SSSR count). The molecule has 5 heteroatoms. The molecule has 1 heterocycles. The zero-order valence-electron chi connectivity index (χ0n) is 11.9. The maximum absolute atomic E-state index is 6.15. The van der Waals surface area contributed by atoms with Gasteiger partial charge >= 0.3 is 0 Å². The van der Waals surface area contributed by atoms with Gasteiger partial charge < -0.3 is 14.8 Å². The predicted molar refractivity (Wildman–Crippen MR) is 86.1 cm³/mol. The van der Waals surface area contributed by atoms with Gasteiger partial charge in [-0.15, -0.1) is 0 Å². The van der Waals surface area contributed by atoms with Crippen LogP contribution in [0.25, 0.3) is 0 Å². The molecule has 0 amide bonds. The van der Waals surface area contributed by atoms with Crippen LogP contribution in [0, 0.1) is 0 Å². The predicted octanol–water partition coefficient (Wildman–Crippen LogP) is 4.08. The number of unbranched alkanes of at least 4 members (excludes halogenated alkanes) is 3. The molecule has 0 unspecified atom stereocenters. The minimum Gasteiger partial charge on any atom is -0.454 e. The summed E-state index contributed by atoms with van der Waals surface area (Å²) in [5.74, 6) is 2.71. The maximum Gasteiger partial charge on any atom is 0.231 e. The van der Waals surface area contributed by atoms with Gasteiger partial charge in [-0.05, 0) is 49.1 Å². The summed E-state index contributed by atoms with van der Waals surface area (Å²) in [7, 11) is 0. The van der Waals surface area contributed by atoms with Crippen LogP contribution in [0.3, 0.4) is 0 Å². The number of fused-ring (bicyclic) bond motifs is 1. The number of thioether (sulfide) groups is 1. The molecule has 1 aromatic carbocycles. The van der Waals surface area contributed by atoms with Crippen molar-refractivity contribution in [3.05, 3.63) is 22.7 Å². The largest absolute Gasteiger partial charge is 0.454 e. The molecule has 20 heavy (non-hydrogen) atoms. The second kappa shape index (κ2) is 8.65. The van der Waals surface area contributed by atoms with E-state index in [1.165, 1.54) is 31.4 Å². The second-order valence-electron chi connectivity index (χ2n) is 4.90. The molecule has 1 aliphatic heterocycles. The van der Waals surface area contributed by atoms with E-state index in [0.717, 1.165) is 24.4 Å². The van der Waals surface area contributed by atoms with Gasteiger partial charge in [0, 0.05) is 6.54 Å². The van der Waals surface area contributed by atoms with Crippen molar-refractivity contribution in [3.8, 4) is 11.5 Å². The smallest absolute Gasteiger partial charge is 0.231 e. The Morgan fingerprint density at radius 2 is 2.05 bits per heavy atom. The van der Waals surface area contributed by atoms with Gasteiger partial charge in [-0.1, -0.05) is 24.4 Å². The first-order chi connectivity index (χ1) is 9.81. The first-order valence-electron chi connectivity index (χ1n) is 7.09. The zero-order chi connectivity index (χ0) is 14.2. The molecule has 1 aromatic rings. The lowest BCUT2D eigenvalue weighted by Crippen LogP contribution is -2.14. The van der Waals surface area contributed by atoms with Crippen LogP contribution >= 0.6 is 23.4 Å². The summed E-state index contributed by atoms with van der Waals surface area (Å²) < 4.78 is 10.7. The van der Waals surface area contributed by atoms with Gasteiger partial charge in [-0.3, -0.25) is 0 Å². The van der Waals surface area contributed by atoms with Gasteiger partial charge in [0.2, 0.25) is 6.79 Å². The van der Waals surface area contributed by atoms with E-state index >= 15 is 0 Å². The molecule has 0 radical (unpaired) electrons. The van der Waals surface area contributed by atoms with E-state index < -0.39 is 0 Å². The van der Waals surface area contributed by atoms with E-state index in [2.05, 4.69) is 11.6 Å². The zero-order valence-corrected chi connectivity index (χ0v) is 13.5. The molecular weight excluding hydrogens is 294 g/mol. The minimum atomic E-state index is 0.266. The van der Waals surface area contributed by atoms with E-state index in [-0.39, 0.29) is 6.79 Å². The van der Waals surface area contributed by atoms with Crippen LogP contribution in [0.2, 0.25) is 5.02 Å². The molecule has 0 aromatic heterocycles. The molecule has 0 fully saturated rings. The number of ether oxygens (including phenoxy) is 2. The summed E-state index contributed by atoms with van der Waals surface area (Å²) in [4.78, 5) is 0. The van der Waals surface area contributed by atoms with Gasteiger partial charge in [0.05, 0.1) is 5.02 Å². The van der Waals surface area contributed by atoms with E-state index in [1.807, 2.05) is 23.9 Å². The molecule has 0 saturated heterocycles. The molecule has 0 saturated carbocycles. The first-order valence-corrected chi connectivity index (χ1v) is 8.86. The Balaban J connectivity index is 1.64. The Morgan fingerprint density at radius 3 is 2.90 bits per heavy atom. The van der Waals surface area contributed by atoms with Crippen LogP contribution in [0.4, 0.5) is 0 Å². The van der Waals surface area contributed by atoms with Crippen molar-refractivity contribution in [2.45, 2.75) is 32.2 Å². The average Bonchev–Trinajstić information content (AvgIpc) is 2.91. The normalized spacial score (nSPS) is 12.9. The Bertz CT molecular complexity index is 429. The third-order valence-corrected chi connectivity index (χ3v) is 4.25. The topological polar surface area (TPSA) is 30.5 Å². The lowest BCUT2D eigenvalue weighted by atomic mass is 10.2. The fourth-order valence-electron chi connectivity index (χ4n) is 2.21. The van der Waals surface area contributed by atoms with Crippen LogP contribution in [0.1, 0.15) is 31.2 Å². The Morgan fingerprint density at radius 1 is 1.20 bits per heavy atom. The molecule has 1 N–H and O–H groups in total. The highest BCUT2D eigenvalue weighted by atomic mass is 35.5. The third kappa shape index (κ3) is 4.76. The SMILES string of the molecule is CSCCCCCCNCc1cc(Cl)c2c(c1)OCO2. The van der Waals surface area contributed by atoms with Crippen LogP contribution in [-0.4, -0.2) is 25.3 Å². The Kier molecular flexibility index (Phi) is 6.83. The fraction of sp³-hybridized carbons (Fsp3) is 0.600. The summed E-state index contributed by atoms with van der Waals surface area (Å²) in [5.41, 5.74) is 1.14.